The molecule has 1 amide bonds. The van der Waals surface area contributed by atoms with Gasteiger partial charge >= 0.3 is 11.9 Å². The summed E-state index contributed by atoms with van der Waals surface area (Å²) in [4.78, 5) is 41.9. The molecule has 3 aromatic rings. The lowest BCUT2D eigenvalue weighted by Crippen LogP contribution is -2.54. The van der Waals surface area contributed by atoms with Crippen LogP contribution >= 0.6 is 0 Å². The second-order valence-corrected chi connectivity index (χ2v) is 8.87. The zero-order chi connectivity index (χ0) is 24.6. The van der Waals surface area contributed by atoms with E-state index in [1.807, 2.05) is 54.6 Å². The van der Waals surface area contributed by atoms with Crippen LogP contribution in [0.1, 0.15) is 62.9 Å². The van der Waals surface area contributed by atoms with E-state index in [-0.39, 0.29) is 25.1 Å². The van der Waals surface area contributed by atoms with Crippen LogP contribution in [0.15, 0.2) is 72.8 Å². The average molecular weight is 470 g/mol. The monoisotopic (exact) mass is 469 g/mol. The molecule has 0 bridgehead atoms. The maximum Gasteiger partial charge on any atom is 0.338 e. The van der Waals surface area contributed by atoms with Gasteiger partial charge in [0.15, 0.2) is 0 Å². The maximum atomic E-state index is 13.9. The molecule has 0 unspecified atom stereocenters. The summed E-state index contributed by atoms with van der Waals surface area (Å²) >= 11 is 0. The molecule has 1 aliphatic carbocycles. The Morgan fingerprint density at radius 3 is 2.40 bits per heavy atom. The van der Waals surface area contributed by atoms with Crippen molar-refractivity contribution in [1.82, 2.24) is 4.90 Å². The molecule has 3 aromatic carbocycles. The minimum absolute atomic E-state index is 0.128. The number of benzene rings is 3. The number of nitrogens with zero attached hydrogens (tertiary/aromatic N) is 1. The molecule has 0 radical (unpaired) electrons. The van der Waals surface area contributed by atoms with Gasteiger partial charge in [-0.25, -0.2) is 4.79 Å². The van der Waals surface area contributed by atoms with Gasteiger partial charge in [-0.2, -0.15) is 0 Å². The van der Waals surface area contributed by atoms with Crippen LogP contribution in [0.25, 0.3) is 0 Å². The third kappa shape index (κ3) is 3.60. The van der Waals surface area contributed by atoms with E-state index in [9.17, 15) is 14.4 Å². The van der Waals surface area contributed by atoms with Crippen LogP contribution in [-0.2, 0) is 32.6 Å². The van der Waals surface area contributed by atoms with Crippen LogP contribution in [0.3, 0.4) is 0 Å². The van der Waals surface area contributed by atoms with Gasteiger partial charge in [0.1, 0.15) is 5.41 Å². The molecule has 1 aliphatic heterocycles. The molecule has 35 heavy (non-hydrogen) atoms. The Kier molecular flexibility index (Phi) is 5.89. The predicted octanol–water partition coefficient (Wildman–Crippen LogP) is 4.62. The molecule has 5 rings (SSSR count). The minimum Gasteiger partial charge on any atom is -0.465 e. The molecule has 2 atom stereocenters. The Bertz CT molecular complexity index is 1300. The van der Waals surface area contributed by atoms with Gasteiger partial charge in [-0.05, 0) is 60.7 Å². The van der Waals surface area contributed by atoms with Crippen molar-refractivity contribution >= 4 is 17.8 Å². The lowest BCUT2D eigenvalue weighted by atomic mass is 9.69. The molecule has 0 aromatic heterocycles. The quantitative estimate of drug-likeness (QED) is 0.493. The number of hydrogen-bond acceptors (Lipinski definition) is 5. The number of ether oxygens (including phenoxy) is 2. The van der Waals surface area contributed by atoms with Gasteiger partial charge in [0.2, 0.25) is 0 Å². The van der Waals surface area contributed by atoms with Crippen LogP contribution in [0.2, 0.25) is 0 Å². The van der Waals surface area contributed by atoms with Crippen molar-refractivity contribution in [2.24, 2.45) is 0 Å². The number of amides is 1. The first-order valence-electron chi connectivity index (χ1n) is 11.9. The Morgan fingerprint density at radius 1 is 0.943 bits per heavy atom. The van der Waals surface area contributed by atoms with Crippen LogP contribution < -0.4 is 0 Å². The third-order valence-electron chi connectivity index (χ3n) is 6.93. The summed E-state index contributed by atoms with van der Waals surface area (Å²) in [6.07, 6.45) is 0.328. The van der Waals surface area contributed by atoms with Gasteiger partial charge in [-0.15, -0.1) is 0 Å². The van der Waals surface area contributed by atoms with Crippen molar-refractivity contribution in [3.8, 4) is 0 Å². The summed E-state index contributed by atoms with van der Waals surface area (Å²) in [6, 6.07) is 21.8. The van der Waals surface area contributed by atoms with Crippen LogP contribution in [0, 0.1) is 0 Å². The van der Waals surface area contributed by atoms with Gasteiger partial charge < -0.3 is 14.4 Å². The smallest absolute Gasteiger partial charge is 0.338 e. The molecule has 0 saturated carbocycles. The largest absolute Gasteiger partial charge is 0.465 e. The summed E-state index contributed by atoms with van der Waals surface area (Å²) in [6.45, 7) is 4.40. The highest BCUT2D eigenvalue weighted by atomic mass is 16.5. The topological polar surface area (TPSA) is 72.9 Å². The number of rotatable bonds is 6. The number of esters is 2. The first-order valence-corrected chi connectivity index (χ1v) is 11.9. The molecule has 6 heteroatoms. The molecule has 0 spiro atoms. The van der Waals surface area contributed by atoms with E-state index < -0.39 is 17.4 Å². The molecule has 178 valence electrons. The molecule has 6 nitrogen and oxygen atoms in total. The van der Waals surface area contributed by atoms with Crippen molar-refractivity contribution in [3.63, 3.8) is 0 Å². The lowest BCUT2D eigenvalue weighted by molar-refractivity contribution is -0.153. The molecule has 2 aliphatic rings. The van der Waals surface area contributed by atoms with Gasteiger partial charge in [-0.3, -0.25) is 9.59 Å². The highest BCUT2D eigenvalue weighted by molar-refractivity contribution is 6.03. The fourth-order valence-electron chi connectivity index (χ4n) is 5.53. The van der Waals surface area contributed by atoms with Gasteiger partial charge in [0.25, 0.3) is 5.91 Å². The molecule has 1 heterocycles. The van der Waals surface area contributed by atoms with Crippen molar-refractivity contribution in [3.05, 3.63) is 106 Å². The first kappa shape index (κ1) is 22.8. The van der Waals surface area contributed by atoms with Gasteiger partial charge in [0, 0.05) is 12.1 Å². The Hall–Kier alpha value is -3.93. The summed E-state index contributed by atoms with van der Waals surface area (Å²) < 4.78 is 10.9. The highest BCUT2D eigenvalue weighted by Gasteiger charge is 2.61. The van der Waals surface area contributed by atoms with E-state index in [4.69, 9.17) is 9.47 Å². The van der Waals surface area contributed by atoms with Crippen LogP contribution in [-0.4, -0.2) is 36.0 Å². The standard InChI is InChI=1S/C29H27NO5/c1-3-34-27(32)20-14-15-22-21(16-20)17-29(28(33)35-4-2)24-13-9-8-12-23(24)26(31)30(25(22)29)18-19-10-6-5-7-11-19/h5-16,25H,3-4,17-18H2,1-2H3/t25-,29+/m1/s1. The maximum absolute atomic E-state index is 13.9. The van der Waals surface area contributed by atoms with Crippen LogP contribution in [0.4, 0.5) is 0 Å². The number of carbonyl (C=O) groups is 3. The second kappa shape index (κ2) is 9.02. The molecule has 0 fully saturated rings. The third-order valence-corrected chi connectivity index (χ3v) is 6.93. The Morgan fingerprint density at radius 2 is 1.66 bits per heavy atom. The molecular formula is C29H27NO5. The minimum atomic E-state index is -1.11. The average Bonchev–Trinajstić information content (AvgIpc) is 3.23. The summed E-state index contributed by atoms with van der Waals surface area (Å²) in [5.41, 5.74) is 3.16. The van der Waals surface area contributed by atoms with Crippen LogP contribution in [0.5, 0.6) is 0 Å². The summed E-state index contributed by atoms with van der Waals surface area (Å²) in [5, 5.41) is 0. The van der Waals surface area contributed by atoms with E-state index in [1.165, 1.54) is 0 Å². The van der Waals surface area contributed by atoms with E-state index in [1.54, 1.807) is 36.9 Å². The first-order chi connectivity index (χ1) is 17.0. The number of carbonyl (C=O) groups excluding carboxylic acids is 3. The Labute approximate surface area is 204 Å². The molecular weight excluding hydrogens is 442 g/mol. The van der Waals surface area contributed by atoms with Gasteiger partial charge in [-0.1, -0.05) is 54.6 Å². The lowest BCUT2D eigenvalue weighted by Gasteiger charge is -2.45. The summed E-state index contributed by atoms with van der Waals surface area (Å²) in [7, 11) is 0. The fraction of sp³-hybridized carbons (Fsp3) is 0.276. The SMILES string of the molecule is CCOC(=O)c1ccc2c(c1)C[C@]1(C(=O)OCC)c3ccccc3C(=O)N(Cc3ccccc3)[C@H]21. The summed E-state index contributed by atoms with van der Waals surface area (Å²) in [5.74, 6) is -0.901. The van der Waals surface area contributed by atoms with Crippen molar-refractivity contribution in [1.29, 1.82) is 0 Å². The van der Waals surface area contributed by atoms with E-state index in [0.29, 0.717) is 29.7 Å². The van der Waals surface area contributed by atoms with Gasteiger partial charge in [0.05, 0.1) is 24.8 Å². The normalized spacial score (nSPS) is 20.0. The highest BCUT2D eigenvalue weighted by Crippen LogP contribution is 2.55. The van der Waals surface area contributed by atoms with E-state index >= 15 is 0 Å². The van der Waals surface area contributed by atoms with Crippen molar-refractivity contribution in [2.75, 3.05) is 13.2 Å². The van der Waals surface area contributed by atoms with E-state index in [2.05, 4.69) is 0 Å². The van der Waals surface area contributed by atoms with Crippen molar-refractivity contribution in [2.45, 2.75) is 38.3 Å². The number of fused-ring (bicyclic) bond motifs is 5. The predicted molar refractivity (Wildman–Crippen MR) is 130 cm³/mol. The fourth-order valence-corrected chi connectivity index (χ4v) is 5.53. The zero-order valence-corrected chi connectivity index (χ0v) is 19.8. The van der Waals surface area contributed by atoms with Crippen molar-refractivity contribution < 1.29 is 23.9 Å². The second-order valence-electron chi connectivity index (χ2n) is 8.87. The van der Waals surface area contributed by atoms with E-state index in [0.717, 1.165) is 16.7 Å². The molecule has 0 saturated heterocycles. The Balaban J connectivity index is 1.72. The molecule has 0 N–H and O–H groups in total. The number of hydrogen-bond donors (Lipinski definition) is 0. The zero-order valence-electron chi connectivity index (χ0n) is 19.8.